The number of amides is 1. The molecule has 37 heavy (non-hydrogen) atoms. The fourth-order valence-electron chi connectivity index (χ4n) is 5.49. The van der Waals surface area contributed by atoms with Crippen LogP contribution in [0.4, 0.5) is 8.78 Å². The Hall–Kier alpha value is -2.81. The second-order valence-electron chi connectivity index (χ2n) is 10.3. The van der Waals surface area contributed by atoms with Crippen molar-refractivity contribution in [1.82, 2.24) is 19.3 Å². The van der Waals surface area contributed by atoms with E-state index in [0.717, 1.165) is 29.3 Å². The number of rotatable bonds is 6. The summed E-state index contributed by atoms with van der Waals surface area (Å²) in [7, 11) is 4.05. The Kier molecular flexibility index (Phi) is 7.09. The highest BCUT2D eigenvalue weighted by molar-refractivity contribution is 6.30. The van der Waals surface area contributed by atoms with E-state index >= 15 is 0 Å². The van der Waals surface area contributed by atoms with Crippen LogP contribution in [0.5, 0.6) is 0 Å². The Bertz CT molecular complexity index is 1310. The van der Waals surface area contributed by atoms with E-state index in [-0.39, 0.29) is 31.8 Å². The van der Waals surface area contributed by atoms with Gasteiger partial charge in [0.15, 0.2) is 0 Å². The van der Waals surface area contributed by atoms with Crippen LogP contribution in [-0.4, -0.2) is 83.7 Å². The zero-order valence-electron chi connectivity index (χ0n) is 21.0. The lowest BCUT2D eigenvalue weighted by atomic mass is 10.0. The number of hydrogen-bond donors (Lipinski definition) is 0. The Morgan fingerprint density at radius 1 is 1.11 bits per heavy atom. The predicted octanol–water partition coefficient (Wildman–Crippen LogP) is 5.03. The third-order valence-corrected chi connectivity index (χ3v) is 7.91. The van der Waals surface area contributed by atoms with Gasteiger partial charge in [0.25, 0.3) is 11.8 Å². The molecule has 3 aromatic rings. The minimum Gasteiger partial charge on any atom is -0.337 e. The van der Waals surface area contributed by atoms with E-state index in [9.17, 15) is 18.4 Å². The molecule has 0 bridgehead atoms. The number of benzene rings is 2. The predicted molar refractivity (Wildman–Crippen MR) is 141 cm³/mol. The maximum atomic E-state index is 13.8. The molecular weight excluding hydrogens is 498 g/mol. The lowest BCUT2D eigenvalue weighted by Gasteiger charge is -2.35. The molecule has 2 aliphatic rings. The zero-order chi connectivity index (χ0) is 26.3. The molecule has 2 unspecified atom stereocenters. The highest BCUT2D eigenvalue weighted by Crippen LogP contribution is 2.36. The molecule has 5 rings (SSSR count). The third kappa shape index (κ3) is 5.15. The van der Waals surface area contributed by atoms with Gasteiger partial charge in [-0.05, 0) is 63.0 Å². The first-order valence-corrected chi connectivity index (χ1v) is 13.0. The number of nitrogens with zero attached hydrogens (tertiary/aromatic N) is 4. The molecule has 0 radical (unpaired) electrons. The summed E-state index contributed by atoms with van der Waals surface area (Å²) in [4.78, 5) is 31.5. The Labute approximate surface area is 220 Å². The topological polar surface area (TPSA) is 48.8 Å². The number of piperidine rings is 1. The molecule has 196 valence electrons. The van der Waals surface area contributed by atoms with Gasteiger partial charge in [-0.25, -0.2) is 8.78 Å². The fourth-order valence-corrected chi connectivity index (χ4v) is 5.68. The maximum Gasteiger partial charge on any atom is 0.253 e. The summed E-state index contributed by atoms with van der Waals surface area (Å²) < 4.78 is 29.6. The molecule has 0 saturated carbocycles. The number of fused-ring (bicyclic) bond motifs is 1. The van der Waals surface area contributed by atoms with Gasteiger partial charge in [0.2, 0.25) is 0 Å². The second-order valence-corrected chi connectivity index (χ2v) is 10.7. The summed E-state index contributed by atoms with van der Waals surface area (Å²) >= 11 is 6.30. The minimum atomic E-state index is -2.71. The number of likely N-dealkylation sites (tertiary alicyclic amines) is 2. The number of carbonyl (C=O) groups is 2. The normalized spacial score (nSPS) is 21.0. The highest BCUT2D eigenvalue weighted by Gasteiger charge is 2.37. The fraction of sp³-hybridized carbons (Fsp3) is 0.429. The molecule has 1 aromatic heterocycles. The lowest BCUT2D eigenvalue weighted by Crippen LogP contribution is -2.42. The number of alkyl halides is 2. The van der Waals surface area contributed by atoms with Crippen LogP contribution in [0.3, 0.4) is 0 Å². The van der Waals surface area contributed by atoms with Crippen LogP contribution in [0.15, 0.2) is 48.5 Å². The molecule has 0 N–H and O–H groups in total. The first-order valence-electron chi connectivity index (χ1n) is 12.6. The molecular formula is C28H31ClF2N4O2. The van der Waals surface area contributed by atoms with Crippen molar-refractivity contribution < 1.29 is 18.4 Å². The Morgan fingerprint density at radius 2 is 1.86 bits per heavy atom. The third-order valence-electron chi connectivity index (χ3n) is 7.68. The summed E-state index contributed by atoms with van der Waals surface area (Å²) in [6.07, 6.45) is 1.19. The van der Waals surface area contributed by atoms with Gasteiger partial charge in [-0.15, -0.1) is 0 Å². The monoisotopic (exact) mass is 528 g/mol. The summed E-state index contributed by atoms with van der Waals surface area (Å²) in [6, 6.07) is 14.4. The molecule has 1 amide bonds. The average Bonchev–Trinajstić information content (AvgIpc) is 3.50. The van der Waals surface area contributed by atoms with Gasteiger partial charge < -0.3 is 19.2 Å². The van der Waals surface area contributed by atoms with Crippen LogP contribution in [-0.2, 0) is 4.79 Å². The number of aldehydes is 1. The van der Waals surface area contributed by atoms with Gasteiger partial charge in [0.05, 0.1) is 5.52 Å². The molecule has 2 aliphatic heterocycles. The molecule has 2 fully saturated rings. The van der Waals surface area contributed by atoms with Crippen molar-refractivity contribution in [1.29, 1.82) is 0 Å². The van der Waals surface area contributed by atoms with Crippen LogP contribution in [0.25, 0.3) is 16.6 Å². The summed E-state index contributed by atoms with van der Waals surface area (Å²) in [5.74, 6) is -2.73. The highest BCUT2D eigenvalue weighted by atomic mass is 35.5. The van der Waals surface area contributed by atoms with Crippen molar-refractivity contribution in [2.75, 3.05) is 40.3 Å². The standard InChI is InChI=1S/C28H31ClF2N4O2/c1-32(2)23-8-11-34(17-23)27(37)19-6-7-24-20(14-19)15-25(35(24)22-5-3-4-21(29)16-22)26(18-36)33-12-9-28(30,31)10-13-33/h3-7,14-16,18,23,26H,8-13,17H2,1-2H3. The van der Waals surface area contributed by atoms with Crippen molar-refractivity contribution >= 4 is 34.7 Å². The van der Waals surface area contributed by atoms with E-state index in [1.165, 1.54) is 0 Å². The van der Waals surface area contributed by atoms with Crippen LogP contribution < -0.4 is 0 Å². The number of aromatic nitrogens is 1. The van der Waals surface area contributed by atoms with Gasteiger partial charge >= 0.3 is 0 Å². The minimum absolute atomic E-state index is 0.0199. The van der Waals surface area contributed by atoms with Gasteiger partial charge in [-0.1, -0.05) is 17.7 Å². The van der Waals surface area contributed by atoms with Crippen molar-refractivity contribution in [2.24, 2.45) is 0 Å². The SMILES string of the molecule is CN(C)C1CCN(C(=O)c2ccc3c(c2)cc(C(C=O)N2CCC(F)(F)CC2)n3-c2cccc(Cl)c2)C1. The summed E-state index contributed by atoms with van der Waals surface area (Å²) in [5.41, 5.74) is 2.83. The second kappa shape index (κ2) is 10.2. The molecule has 6 nitrogen and oxygen atoms in total. The van der Waals surface area contributed by atoms with E-state index in [1.807, 2.05) is 60.0 Å². The average molecular weight is 529 g/mol. The van der Waals surface area contributed by atoms with Crippen molar-refractivity contribution in [3.05, 3.63) is 64.8 Å². The van der Waals surface area contributed by atoms with E-state index < -0.39 is 12.0 Å². The number of likely N-dealkylation sites (N-methyl/N-ethyl adjacent to an activating group) is 1. The zero-order valence-corrected chi connectivity index (χ0v) is 21.8. The first kappa shape index (κ1) is 25.8. The first-order chi connectivity index (χ1) is 17.7. The number of halogens is 3. The van der Waals surface area contributed by atoms with Gasteiger partial charge in [-0.3, -0.25) is 9.69 Å². The van der Waals surface area contributed by atoms with Crippen LogP contribution in [0, 0.1) is 0 Å². The van der Waals surface area contributed by atoms with Gasteiger partial charge in [-0.2, -0.15) is 0 Å². The van der Waals surface area contributed by atoms with Crippen LogP contribution >= 0.6 is 11.6 Å². The largest absolute Gasteiger partial charge is 0.337 e. The molecule has 3 heterocycles. The van der Waals surface area contributed by atoms with E-state index in [0.29, 0.717) is 35.4 Å². The smallest absolute Gasteiger partial charge is 0.253 e. The van der Waals surface area contributed by atoms with Crippen LogP contribution in [0.2, 0.25) is 5.02 Å². The van der Waals surface area contributed by atoms with Gasteiger partial charge in [0, 0.05) is 72.4 Å². The molecule has 9 heteroatoms. The van der Waals surface area contributed by atoms with E-state index in [4.69, 9.17) is 11.6 Å². The van der Waals surface area contributed by atoms with E-state index in [1.54, 1.807) is 17.0 Å². The molecule has 2 atom stereocenters. The summed E-state index contributed by atoms with van der Waals surface area (Å²) in [6.45, 7) is 1.64. The summed E-state index contributed by atoms with van der Waals surface area (Å²) in [5, 5.41) is 1.35. The molecule has 0 aliphatic carbocycles. The van der Waals surface area contributed by atoms with Crippen molar-refractivity contribution in [2.45, 2.75) is 37.3 Å². The molecule has 0 spiro atoms. The maximum absolute atomic E-state index is 13.8. The quantitative estimate of drug-likeness (QED) is 0.421. The number of hydrogen-bond acceptors (Lipinski definition) is 4. The van der Waals surface area contributed by atoms with Gasteiger partial charge in [0.1, 0.15) is 12.3 Å². The van der Waals surface area contributed by atoms with Crippen molar-refractivity contribution in [3.8, 4) is 5.69 Å². The lowest BCUT2D eigenvalue weighted by molar-refractivity contribution is -0.116. The number of carbonyl (C=O) groups excluding carboxylic acids is 2. The van der Waals surface area contributed by atoms with E-state index in [2.05, 4.69) is 4.90 Å². The molecule has 2 saturated heterocycles. The van der Waals surface area contributed by atoms with Crippen molar-refractivity contribution in [3.63, 3.8) is 0 Å². The van der Waals surface area contributed by atoms with Crippen LogP contribution in [0.1, 0.15) is 41.4 Å². The Morgan fingerprint density at radius 3 is 2.51 bits per heavy atom. The Balaban J connectivity index is 1.55. The molecule has 2 aromatic carbocycles.